The Kier molecular flexibility index (Phi) is 5.72. The Balaban J connectivity index is 1.86. The number of para-hydroxylation sites is 1. The number of nitrogens with two attached hydrogens (primary N) is 1. The number of amides is 1. The molecular formula is C23H21NO8. The maximum Gasteiger partial charge on any atom is 0.348 e. The van der Waals surface area contributed by atoms with E-state index in [0.717, 1.165) is 0 Å². The lowest BCUT2D eigenvalue weighted by molar-refractivity contribution is -0.151. The fourth-order valence-corrected chi connectivity index (χ4v) is 3.77. The van der Waals surface area contributed by atoms with Crippen LogP contribution in [0.25, 0.3) is 11.0 Å². The van der Waals surface area contributed by atoms with Crippen LogP contribution in [0.5, 0.6) is 17.2 Å². The highest BCUT2D eigenvalue weighted by atomic mass is 16.6. The van der Waals surface area contributed by atoms with Crippen molar-refractivity contribution in [1.82, 2.24) is 0 Å². The van der Waals surface area contributed by atoms with Gasteiger partial charge in [0.2, 0.25) is 6.10 Å². The van der Waals surface area contributed by atoms with Crippen molar-refractivity contribution in [2.24, 2.45) is 5.73 Å². The quantitative estimate of drug-likeness (QED) is 0.438. The Morgan fingerprint density at radius 1 is 1.12 bits per heavy atom. The normalized spacial score (nSPS) is 16.8. The van der Waals surface area contributed by atoms with Crippen LogP contribution in [0.2, 0.25) is 0 Å². The van der Waals surface area contributed by atoms with Crippen molar-refractivity contribution >= 4 is 22.8 Å². The molecule has 1 aliphatic rings. The maximum absolute atomic E-state index is 12.9. The van der Waals surface area contributed by atoms with Gasteiger partial charge in [-0.2, -0.15) is 0 Å². The predicted octanol–water partition coefficient (Wildman–Crippen LogP) is 2.12. The fraction of sp³-hybridized carbons (Fsp3) is 0.261. The van der Waals surface area contributed by atoms with Gasteiger partial charge < -0.3 is 29.1 Å². The molecule has 0 fully saturated rings. The molecule has 0 radical (unpaired) electrons. The summed E-state index contributed by atoms with van der Waals surface area (Å²) in [4.78, 5) is 36.7. The second-order valence-electron chi connectivity index (χ2n) is 7.06. The van der Waals surface area contributed by atoms with Gasteiger partial charge in [-0.1, -0.05) is 18.2 Å². The minimum atomic E-state index is -1.10. The van der Waals surface area contributed by atoms with Crippen molar-refractivity contribution in [3.63, 3.8) is 0 Å². The molecule has 0 saturated heterocycles. The number of fused-ring (bicyclic) bond motifs is 3. The first-order valence-electron chi connectivity index (χ1n) is 9.92. The minimum absolute atomic E-state index is 0.153. The van der Waals surface area contributed by atoms with Crippen molar-refractivity contribution in [3.8, 4) is 17.2 Å². The SMILES string of the molecule is CCOC(=O)[C@@H]1Oc2c(c(=O)oc3ccccc23)[C@@H]1c1ccc(OCC(N)=O)c(OC)c1. The Hall–Kier alpha value is -4.01. The topological polar surface area (TPSA) is 127 Å². The van der Waals surface area contributed by atoms with Crippen LogP contribution in [0.1, 0.15) is 24.0 Å². The van der Waals surface area contributed by atoms with Crippen molar-refractivity contribution in [2.75, 3.05) is 20.3 Å². The highest BCUT2D eigenvalue weighted by molar-refractivity contribution is 5.88. The number of esters is 1. The number of primary amides is 1. The molecule has 32 heavy (non-hydrogen) atoms. The molecule has 3 aromatic rings. The molecule has 2 atom stereocenters. The first-order valence-corrected chi connectivity index (χ1v) is 9.92. The van der Waals surface area contributed by atoms with Crippen molar-refractivity contribution < 1.29 is 33.0 Å². The van der Waals surface area contributed by atoms with Crippen LogP contribution in [0, 0.1) is 0 Å². The van der Waals surface area contributed by atoms with E-state index in [2.05, 4.69) is 0 Å². The Morgan fingerprint density at radius 3 is 2.62 bits per heavy atom. The van der Waals surface area contributed by atoms with Crippen molar-refractivity contribution in [2.45, 2.75) is 18.9 Å². The molecule has 9 heteroatoms. The Labute approximate surface area is 182 Å². The number of hydrogen-bond donors (Lipinski definition) is 1. The number of carbonyl (C=O) groups excluding carboxylic acids is 2. The zero-order valence-corrected chi connectivity index (χ0v) is 17.5. The zero-order valence-electron chi connectivity index (χ0n) is 17.5. The number of carbonyl (C=O) groups is 2. The summed E-state index contributed by atoms with van der Waals surface area (Å²) < 4.78 is 27.4. The molecule has 2 N–H and O–H groups in total. The standard InChI is InChI=1S/C23H21NO8/c1-3-29-23(27)21-18(12-8-9-15(16(10-12)28-2)30-11-17(24)25)19-20(32-21)13-6-4-5-7-14(13)31-22(19)26/h4-10,18,21H,3,11H2,1-2H3,(H2,24,25)/t18-,21+/m0/s1. The molecule has 1 aliphatic heterocycles. The smallest absolute Gasteiger partial charge is 0.348 e. The third-order valence-electron chi connectivity index (χ3n) is 5.09. The molecule has 1 aromatic heterocycles. The van der Waals surface area contributed by atoms with Gasteiger partial charge in [0.05, 0.1) is 30.6 Å². The van der Waals surface area contributed by atoms with Gasteiger partial charge in [0, 0.05) is 0 Å². The van der Waals surface area contributed by atoms with E-state index in [4.69, 9.17) is 29.1 Å². The van der Waals surface area contributed by atoms with Crippen molar-refractivity contribution in [3.05, 3.63) is 64.0 Å². The maximum atomic E-state index is 12.9. The van der Waals surface area contributed by atoms with E-state index in [1.165, 1.54) is 7.11 Å². The molecule has 1 amide bonds. The zero-order chi connectivity index (χ0) is 22.8. The molecule has 0 saturated carbocycles. The number of methoxy groups -OCH3 is 1. The van der Waals surface area contributed by atoms with Gasteiger partial charge in [-0.3, -0.25) is 4.79 Å². The number of rotatable bonds is 7. The van der Waals surface area contributed by atoms with E-state index in [9.17, 15) is 14.4 Å². The third kappa shape index (κ3) is 3.73. The summed E-state index contributed by atoms with van der Waals surface area (Å²) in [6.07, 6.45) is -1.10. The lowest BCUT2D eigenvalue weighted by Gasteiger charge is -2.19. The van der Waals surface area contributed by atoms with E-state index in [1.807, 2.05) is 0 Å². The van der Waals surface area contributed by atoms with E-state index in [0.29, 0.717) is 22.3 Å². The van der Waals surface area contributed by atoms with Gasteiger partial charge >= 0.3 is 11.6 Å². The van der Waals surface area contributed by atoms with E-state index < -0.39 is 29.5 Å². The fourth-order valence-electron chi connectivity index (χ4n) is 3.77. The van der Waals surface area contributed by atoms with Gasteiger partial charge in [-0.05, 0) is 36.8 Å². The van der Waals surface area contributed by atoms with Gasteiger partial charge in [-0.15, -0.1) is 0 Å². The third-order valence-corrected chi connectivity index (χ3v) is 5.09. The molecule has 0 aliphatic carbocycles. The van der Waals surface area contributed by atoms with Crippen LogP contribution < -0.4 is 25.6 Å². The summed E-state index contributed by atoms with van der Waals surface area (Å²) in [5.74, 6) is -1.18. The molecule has 2 aromatic carbocycles. The summed E-state index contributed by atoms with van der Waals surface area (Å²) in [6, 6.07) is 11.8. The molecule has 9 nitrogen and oxygen atoms in total. The van der Waals surface area contributed by atoms with E-state index >= 15 is 0 Å². The number of ether oxygens (including phenoxy) is 4. The van der Waals surface area contributed by atoms with Crippen LogP contribution in [0.15, 0.2) is 51.7 Å². The Morgan fingerprint density at radius 2 is 1.91 bits per heavy atom. The minimum Gasteiger partial charge on any atom is -0.493 e. The summed E-state index contributed by atoms with van der Waals surface area (Å²) in [5.41, 5.74) is 5.65. The molecular weight excluding hydrogens is 418 g/mol. The van der Waals surface area contributed by atoms with E-state index in [-0.39, 0.29) is 30.3 Å². The van der Waals surface area contributed by atoms with E-state index in [1.54, 1.807) is 49.4 Å². The van der Waals surface area contributed by atoms with Crippen LogP contribution in [0.4, 0.5) is 0 Å². The summed E-state index contributed by atoms with van der Waals surface area (Å²) in [5, 5.41) is 0.576. The molecule has 4 rings (SSSR count). The van der Waals surface area contributed by atoms with Gasteiger partial charge in [0.15, 0.2) is 18.1 Å². The highest BCUT2D eigenvalue weighted by Gasteiger charge is 2.45. The van der Waals surface area contributed by atoms with Crippen LogP contribution in [-0.4, -0.2) is 38.3 Å². The first-order chi connectivity index (χ1) is 15.4. The number of hydrogen-bond acceptors (Lipinski definition) is 8. The second-order valence-corrected chi connectivity index (χ2v) is 7.06. The Bertz CT molecular complexity index is 1250. The highest BCUT2D eigenvalue weighted by Crippen LogP contribution is 2.46. The first kappa shape index (κ1) is 21.2. The van der Waals surface area contributed by atoms with Crippen molar-refractivity contribution in [1.29, 1.82) is 0 Å². The predicted molar refractivity (Wildman–Crippen MR) is 113 cm³/mol. The van der Waals surface area contributed by atoms with Gasteiger partial charge in [-0.25, -0.2) is 9.59 Å². The number of benzene rings is 2. The summed E-state index contributed by atoms with van der Waals surface area (Å²) >= 11 is 0. The van der Waals surface area contributed by atoms with Gasteiger partial charge in [0.25, 0.3) is 5.91 Å². The monoisotopic (exact) mass is 439 g/mol. The summed E-state index contributed by atoms with van der Waals surface area (Å²) in [6.45, 7) is 1.51. The molecule has 0 unspecified atom stereocenters. The molecule has 0 bridgehead atoms. The molecule has 2 heterocycles. The lowest BCUT2D eigenvalue weighted by atomic mass is 9.88. The molecule has 166 valence electrons. The second kappa shape index (κ2) is 8.62. The summed E-state index contributed by atoms with van der Waals surface area (Å²) in [7, 11) is 1.43. The largest absolute Gasteiger partial charge is 0.493 e. The molecule has 0 spiro atoms. The van der Waals surface area contributed by atoms with Crippen LogP contribution in [0.3, 0.4) is 0 Å². The van der Waals surface area contributed by atoms with Gasteiger partial charge in [0.1, 0.15) is 11.3 Å². The average molecular weight is 439 g/mol. The lowest BCUT2D eigenvalue weighted by Crippen LogP contribution is -2.32. The van der Waals surface area contributed by atoms with Crippen LogP contribution >= 0.6 is 0 Å². The average Bonchev–Trinajstić information content (AvgIpc) is 3.19. The van der Waals surface area contributed by atoms with Crippen LogP contribution in [-0.2, 0) is 14.3 Å².